The molecule has 3 atom stereocenters. The number of sulfonamides is 1. The lowest BCUT2D eigenvalue weighted by Gasteiger charge is -2.25. The van der Waals surface area contributed by atoms with Crippen molar-refractivity contribution in [2.75, 3.05) is 6.54 Å². The summed E-state index contributed by atoms with van der Waals surface area (Å²) in [5.41, 5.74) is 3.60. The van der Waals surface area contributed by atoms with Gasteiger partial charge in [0.15, 0.2) is 0 Å². The molecule has 2 aromatic carbocycles. The van der Waals surface area contributed by atoms with E-state index in [1.165, 1.54) is 6.92 Å². The van der Waals surface area contributed by atoms with E-state index in [4.69, 9.17) is 25.5 Å². The predicted octanol–water partition coefficient (Wildman–Crippen LogP) is 3.20. The van der Waals surface area contributed by atoms with Gasteiger partial charge in [-0.3, -0.25) is 25.2 Å². The summed E-state index contributed by atoms with van der Waals surface area (Å²) >= 11 is 0. The highest BCUT2D eigenvalue weighted by atomic mass is 32.2. The van der Waals surface area contributed by atoms with E-state index in [9.17, 15) is 27.6 Å². The molecule has 1 heterocycles. The van der Waals surface area contributed by atoms with E-state index >= 15 is 0 Å². The second kappa shape index (κ2) is 18.7. The molecule has 9 N–H and O–H groups in total. The van der Waals surface area contributed by atoms with Crippen molar-refractivity contribution in [2.24, 2.45) is 5.84 Å². The average Bonchev–Trinajstić information content (AvgIpc) is 3.42. The van der Waals surface area contributed by atoms with Gasteiger partial charge in [-0.2, -0.15) is 0 Å². The number of hydrogen-bond acceptors (Lipinski definition) is 11. The molecule has 1 aliphatic rings. The maximum atomic E-state index is 13.8. The number of nitrogens with one attached hydrogen (secondary N) is 7. The Bertz CT molecular complexity index is 1970. The van der Waals surface area contributed by atoms with E-state index in [1.807, 2.05) is 47.0 Å². The molecule has 0 saturated heterocycles. The SMILES string of the molecule is Cc1c(C)c(S(=O)(=O)NC(=N)NCCCC(NC(=O)[C@H](Cc2ccc(OC(C)(C)C)cc2)NC(=O)[C@H](C)NC(=O)OC(C)(C)C)C(=O)NN)c(C)c2c1OC(C)(C)C2. The fourth-order valence-electron chi connectivity index (χ4n) is 6.37. The van der Waals surface area contributed by atoms with Crippen LogP contribution in [0.25, 0.3) is 0 Å². The molecule has 1 aliphatic heterocycles. The molecule has 17 nitrogen and oxygen atoms in total. The monoisotopic (exact) mass is 830 g/mol. The van der Waals surface area contributed by atoms with E-state index in [0.717, 1.165) is 11.1 Å². The number of amides is 4. The van der Waals surface area contributed by atoms with Crippen LogP contribution in [-0.4, -0.2) is 79.7 Å². The molecule has 58 heavy (non-hydrogen) atoms. The number of fused-ring (bicyclic) bond motifs is 1. The van der Waals surface area contributed by atoms with Crippen molar-refractivity contribution in [3.8, 4) is 11.5 Å². The van der Waals surface area contributed by atoms with Crippen molar-refractivity contribution in [1.82, 2.24) is 31.4 Å². The molecule has 0 spiro atoms. The van der Waals surface area contributed by atoms with Crippen molar-refractivity contribution >= 4 is 39.8 Å². The van der Waals surface area contributed by atoms with Crippen LogP contribution in [0.1, 0.15) is 103 Å². The van der Waals surface area contributed by atoms with Gasteiger partial charge in [0, 0.05) is 24.9 Å². The maximum absolute atomic E-state index is 13.8. The third-order valence-corrected chi connectivity index (χ3v) is 10.7. The smallest absolute Gasteiger partial charge is 0.408 e. The Morgan fingerprint density at radius 1 is 0.879 bits per heavy atom. The quantitative estimate of drug-likeness (QED) is 0.0323. The van der Waals surface area contributed by atoms with Crippen LogP contribution >= 0.6 is 0 Å². The Balaban J connectivity index is 1.70. The van der Waals surface area contributed by atoms with Crippen LogP contribution in [0.5, 0.6) is 11.5 Å². The molecule has 322 valence electrons. The van der Waals surface area contributed by atoms with Gasteiger partial charge in [0.25, 0.3) is 15.9 Å². The Labute approximate surface area is 342 Å². The molecule has 18 heteroatoms. The number of alkyl carbamates (subject to hydrolysis) is 1. The minimum Gasteiger partial charge on any atom is -0.488 e. The van der Waals surface area contributed by atoms with Crippen LogP contribution in [0.3, 0.4) is 0 Å². The van der Waals surface area contributed by atoms with Crippen LogP contribution in [0, 0.1) is 26.2 Å². The molecule has 0 aromatic heterocycles. The number of rotatable bonds is 15. The zero-order valence-corrected chi connectivity index (χ0v) is 36.6. The predicted molar refractivity (Wildman–Crippen MR) is 220 cm³/mol. The van der Waals surface area contributed by atoms with Gasteiger partial charge in [0.1, 0.15) is 46.4 Å². The van der Waals surface area contributed by atoms with E-state index < -0.39 is 74.7 Å². The van der Waals surface area contributed by atoms with E-state index in [1.54, 1.807) is 58.9 Å². The van der Waals surface area contributed by atoms with Crippen molar-refractivity contribution in [2.45, 2.75) is 149 Å². The van der Waals surface area contributed by atoms with E-state index in [-0.39, 0.29) is 30.7 Å². The number of ether oxygens (including phenoxy) is 3. The molecule has 0 fully saturated rings. The molecular formula is C40H62N8O9S. The van der Waals surface area contributed by atoms with Gasteiger partial charge in [-0.25, -0.2) is 23.8 Å². The van der Waals surface area contributed by atoms with Crippen LogP contribution in [-0.2, 0) is 42.0 Å². The fraction of sp³-hybridized carbons (Fsp3) is 0.575. The van der Waals surface area contributed by atoms with Crippen molar-refractivity contribution < 1.29 is 41.8 Å². The zero-order chi connectivity index (χ0) is 44.0. The lowest BCUT2D eigenvalue weighted by molar-refractivity contribution is -0.132. The molecule has 2 aromatic rings. The molecule has 1 unspecified atom stereocenters. The van der Waals surface area contributed by atoms with Gasteiger partial charge in [-0.15, -0.1) is 0 Å². The maximum Gasteiger partial charge on any atom is 0.408 e. The number of hydrazine groups is 1. The first-order valence-corrected chi connectivity index (χ1v) is 20.7. The van der Waals surface area contributed by atoms with Gasteiger partial charge in [0.2, 0.25) is 17.8 Å². The van der Waals surface area contributed by atoms with Gasteiger partial charge in [0.05, 0.1) is 4.90 Å². The molecule has 0 radical (unpaired) electrons. The topological polar surface area (TPSA) is 252 Å². The largest absolute Gasteiger partial charge is 0.488 e. The van der Waals surface area contributed by atoms with Crippen molar-refractivity contribution in [1.29, 1.82) is 5.41 Å². The Morgan fingerprint density at radius 2 is 1.48 bits per heavy atom. The minimum atomic E-state index is -4.17. The summed E-state index contributed by atoms with van der Waals surface area (Å²) in [5, 5.41) is 18.8. The normalized spacial score (nSPS) is 15.1. The summed E-state index contributed by atoms with van der Waals surface area (Å²) < 4.78 is 46.7. The fourth-order valence-corrected chi connectivity index (χ4v) is 7.89. The Kier molecular flexibility index (Phi) is 15.2. The van der Waals surface area contributed by atoms with Crippen molar-refractivity contribution in [3.63, 3.8) is 0 Å². The van der Waals surface area contributed by atoms with Gasteiger partial charge < -0.3 is 35.5 Å². The summed E-state index contributed by atoms with van der Waals surface area (Å²) in [4.78, 5) is 52.4. The molecule has 4 amide bonds. The number of guanidine groups is 1. The minimum absolute atomic E-state index is 0.00975. The summed E-state index contributed by atoms with van der Waals surface area (Å²) in [6, 6.07) is 3.52. The third kappa shape index (κ3) is 13.5. The number of nitrogens with two attached hydrogens (primary N) is 1. The first-order valence-electron chi connectivity index (χ1n) is 19.2. The van der Waals surface area contributed by atoms with Gasteiger partial charge in [-0.05, 0) is 130 Å². The summed E-state index contributed by atoms with van der Waals surface area (Å²) in [6.07, 6.45) is -0.0541. The highest BCUT2D eigenvalue weighted by Gasteiger charge is 2.37. The second-order valence-electron chi connectivity index (χ2n) is 17.2. The van der Waals surface area contributed by atoms with E-state index in [0.29, 0.717) is 34.6 Å². The number of carbonyl (C=O) groups excluding carboxylic acids is 4. The van der Waals surface area contributed by atoms with Crippen LogP contribution < -0.4 is 46.7 Å². The van der Waals surface area contributed by atoms with Crippen molar-refractivity contribution in [3.05, 3.63) is 52.1 Å². The highest BCUT2D eigenvalue weighted by Crippen LogP contribution is 2.43. The third-order valence-electron chi connectivity index (χ3n) is 9.09. The van der Waals surface area contributed by atoms with Crippen LogP contribution in [0.4, 0.5) is 4.79 Å². The van der Waals surface area contributed by atoms with Gasteiger partial charge >= 0.3 is 6.09 Å². The zero-order valence-electron chi connectivity index (χ0n) is 35.7. The number of carbonyl (C=O) groups is 4. The summed E-state index contributed by atoms with van der Waals surface area (Å²) in [5.74, 6) is 4.17. The highest BCUT2D eigenvalue weighted by molar-refractivity contribution is 7.90. The van der Waals surface area contributed by atoms with E-state index in [2.05, 4.69) is 26.0 Å². The Morgan fingerprint density at radius 3 is 2.05 bits per heavy atom. The molecule has 0 aliphatic carbocycles. The number of benzene rings is 2. The van der Waals surface area contributed by atoms with Gasteiger partial charge in [-0.1, -0.05) is 12.1 Å². The first-order chi connectivity index (χ1) is 26.6. The van der Waals surface area contributed by atoms with Crippen LogP contribution in [0.2, 0.25) is 0 Å². The summed E-state index contributed by atoms with van der Waals surface area (Å²) in [6.45, 7) is 21.4. The lowest BCUT2D eigenvalue weighted by atomic mass is 9.94. The lowest BCUT2D eigenvalue weighted by Crippen LogP contribution is -2.57. The molecule has 0 bridgehead atoms. The Hall–Kier alpha value is -5.10. The standard InChI is InChI=1S/C40H62N8O9S/c1-22-23(2)32(24(3)28-21-40(11,12)56-31(22)28)58(53,54)48-36(41)43-19-13-14-29(35(51)47-42)45-34(50)30(20-26-15-17-27(18-16-26)55-38(5,6)7)46-33(49)25(4)44-37(52)57-39(8,9)10/h15-18,25,29-30H,13-14,19-21,42H2,1-12H3,(H,44,52)(H,45,50)(H,46,49)(H,47,51)(H3,41,43,48)/t25-,29?,30-/m0/s1. The van der Waals surface area contributed by atoms with Crippen LogP contribution in [0.15, 0.2) is 29.2 Å². The first kappa shape index (κ1) is 47.3. The second-order valence-corrected chi connectivity index (χ2v) is 18.8. The molecule has 0 saturated carbocycles. The summed E-state index contributed by atoms with van der Waals surface area (Å²) in [7, 11) is -4.17. The number of hydrogen-bond donors (Lipinski definition) is 8. The average molecular weight is 831 g/mol. The molecular weight excluding hydrogens is 769 g/mol. The molecule has 3 rings (SSSR count).